The quantitative estimate of drug-likeness (QED) is 0.586. The molecule has 7 nitrogen and oxygen atoms in total. The average Bonchev–Trinajstić information content (AvgIpc) is 2.78. The lowest BCUT2D eigenvalue weighted by Gasteiger charge is -2.12. The molecule has 0 unspecified atom stereocenters. The summed E-state index contributed by atoms with van der Waals surface area (Å²) in [6.45, 7) is 0. The second kappa shape index (κ2) is 4.97. The van der Waals surface area contributed by atoms with E-state index in [0.29, 0.717) is 6.42 Å². The Morgan fingerprint density at radius 1 is 1.37 bits per heavy atom. The molecule has 2 rings (SSSR count). The molecule has 0 radical (unpaired) electrons. The first-order chi connectivity index (χ1) is 8.99. The van der Waals surface area contributed by atoms with Gasteiger partial charge in [-0.3, -0.25) is 9.59 Å². The van der Waals surface area contributed by atoms with Crippen LogP contribution in [0.3, 0.4) is 0 Å². The zero-order valence-corrected chi connectivity index (χ0v) is 9.84. The largest absolute Gasteiger partial charge is 0.505 e. The van der Waals surface area contributed by atoms with Gasteiger partial charge >= 0.3 is 5.97 Å². The van der Waals surface area contributed by atoms with Crippen LogP contribution in [-0.2, 0) is 9.59 Å². The van der Waals surface area contributed by atoms with Crippen molar-refractivity contribution in [2.75, 3.05) is 5.32 Å². The number of anilines is 1. The maximum Gasteiger partial charge on any atom is 0.339 e. The maximum atomic E-state index is 11.8. The van der Waals surface area contributed by atoms with E-state index >= 15 is 0 Å². The number of hydrogen-bond donors (Lipinski definition) is 4. The molecule has 1 aliphatic heterocycles. The number of carbonyl (C=O) groups excluding carboxylic acids is 2. The topological polar surface area (TPSA) is 116 Å². The third kappa shape index (κ3) is 2.65. The number of amides is 2. The number of aromatic carboxylic acids is 1. The molecule has 0 bridgehead atoms. The van der Waals surface area contributed by atoms with E-state index < -0.39 is 23.7 Å². The second-order valence-corrected chi connectivity index (χ2v) is 4.15. The SMILES string of the molecule is O=C1CC[C@H](C(=O)Nc2cccc(C(=O)O)c2O)N1. The van der Waals surface area contributed by atoms with Crippen molar-refractivity contribution in [2.45, 2.75) is 18.9 Å². The number of nitrogens with one attached hydrogen (secondary N) is 2. The number of hydrogen-bond acceptors (Lipinski definition) is 4. The van der Waals surface area contributed by atoms with Gasteiger partial charge in [-0.05, 0) is 18.6 Å². The van der Waals surface area contributed by atoms with Crippen molar-refractivity contribution in [3.05, 3.63) is 23.8 Å². The summed E-state index contributed by atoms with van der Waals surface area (Å²) < 4.78 is 0. The Morgan fingerprint density at radius 2 is 2.11 bits per heavy atom. The molecule has 7 heteroatoms. The fraction of sp³-hybridized carbons (Fsp3) is 0.250. The summed E-state index contributed by atoms with van der Waals surface area (Å²) in [5.41, 5.74) is -0.292. The molecule has 0 aromatic heterocycles. The lowest BCUT2D eigenvalue weighted by Crippen LogP contribution is -2.37. The number of rotatable bonds is 3. The Morgan fingerprint density at radius 3 is 2.68 bits per heavy atom. The summed E-state index contributed by atoms with van der Waals surface area (Å²) in [6.07, 6.45) is 0.656. The highest BCUT2D eigenvalue weighted by molar-refractivity contribution is 6.01. The van der Waals surface area contributed by atoms with E-state index in [2.05, 4.69) is 10.6 Å². The van der Waals surface area contributed by atoms with Gasteiger partial charge in [-0.1, -0.05) is 6.07 Å². The van der Waals surface area contributed by atoms with E-state index in [0.717, 1.165) is 0 Å². The summed E-state index contributed by atoms with van der Waals surface area (Å²) in [4.78, 5) is 33.6. The number of carboxylic acids is 1. The molecule has 4 N–H and O–H groups in total. The molecule has 1 atom stereocenters. The molecule has 1 heterocycles. The Balaban J connectivity index is 2.15. The molecule has 19 heavy (non-hydrogen) atoms. The van der Waals surface area contributed by atoms with Crippen LogP contribution in [0.5, 0.6) is 5.75 Å². The molecule has 1 aromatic rings. The zero-order chi connectivity index (χ0) is 14.0. The minimum atomic E-state index is -1.29. The number of benzene rings is 1. The summed E-state index contributed by atoms with van der Waals surface area (Å²) in [5.74, 6) is -2.48. The van der Waals surface area contributed by atoms with Crippen LogP contribution in [0, 0.1) is 0 Å². The van der Waals surface area contributed by atoms with Gasteiger partial charge in [-0.15, -0.1) is 0 Å². The molecular weight excluding hydrogens is 252 g/mol. The van der Waals surface area contributed by atoms with Crippen molar-refractivity contribution >= 4 is 23.5 Å². The third-order valence-corrected chi connectivity index (χ3v) is 2.84. The second-order valence-electron chi connectivity index (χ2n) is 4.15. The molecule has 100 valence electrons. The molecule has 1 fully saturated rings. The molecule has 0 saturated carbocycles. The van der Waals surface area contributed by atoms with Crippen molar-refractivity contribution in [3.8, 4) is 5.75 Å². The maximum absolute atomic E-state index is 11.8. The van der Waals surface area contributed by atoms with Crippen LogP contribution >= 0.6 is 0 Å². The van der Waals surface area contributed by atoms with Crippen LogP contribution in [0.15, 0.2) is 18.2 Å². The van der Waals surface area contributed by atoms with Crippen molar-refractivity contribution in [1.82, 2.24) is 5.32 Å². The van der Waals surface area contributed by atoms with Crippen LogP contribution in [0.1, 0.15) is 23.2 Å². The van der Waals surface area contributed by atoms with Gasteiger partial charge < -0.3 is 20.8 Å². The van der Waals surface area contributed by atoms with Crippen molar-refractivity contribution in [3.63, 3.8) is 0 Å². The summed E-state index contributed by atoms with van der Waals surface area (Å²) in [6, 6.07) is 3.37. The molecule has 1 aromatic carbocycles. The third-order valence-electron chi connectivity index (χ3n) is 2.84. The Labute approximate surface area is 108 Å². The van der Waals surface area contributed by atoms with E-state index in [-0.39, 0.29) is 23.6 Å². The first-order valence-electron chi connectivity index (χ1n) is 5.64. The average molecular weight is 264 g/mol. The van der Waals surface area contributed by atoms with E-state index in [9.17, 15) is 19.5 Å². The number of para-hydroxylation sites is 1. The lowest BCUT2D eigenvalue weighted by atomic mass is 10.1. The van der Waals surface area contributed by atoms with Gasteiger partial charge in [0.2, 0.25) is 11.8 Å². The van der Waals surface area contributed by atoms with Crippen LogP contribution in [0.2, 0.25) is 0 Å². The number of aromatic hydroxyl groups is 1. The lowest BCUT2D eigenvalue weighted by molar-refractivity contribution is -0.122. The molecule has 2 amide bonds. The van der Waals surface area contributed by atoms with Crippen molar-refractivity contribution in [2.24, 2.45) is 0 Å². The highest BCUT2D eigenvalue weighted by atomic mass is 16.4. The highest BCUT2D eigenvalue weighted by Gasteiger charge is 2.28. The zero-order valence-electron chi connectivity index (χ0n) is 9.84. The standard InChI is InChI=1S/C12H12N2O5/c15-9-5-4-8(13-9)11(17)14-7-3-1-2-6(10(7)16)12(18)19/h1-3,8,16H,4-5H2,(H,13,15)(H,14,17)(H,18,19)/t8-/m1/s1. The van der Waals surface area contributed by atoms with E-state index in [1.54, 1.807) is 0 Å². The summed E-state index contributed by atoms with van der Waals surface area (Å²) >= 11 is 0. The minimum absolute atomic E-state index is 0.00560. The Hall–Kier alpha value is -2.57. The first kappa shape index (κ1) is 12.9. The van der Waals surface area contributed by atoms with Gasteiger partial charge in [-0.2, -0.15) is 0 Å². The predicted molar refractivity (Wildman–Crippen MR) is 64.9 cm³/mol. The van der Waals surface area contributed by atoms with Crippen molar-refractivity contribution in [1.29, 1.82) is 0 Å². The minimum Gasteiger partial charge on any atom is -0.505 e. The molecular formula is C12H12N2O5. The normalized spacial score (nSPS) is 17.9. The Kier molecular flexibility index (Phi) is 3.37. The van der Waals surface area contributed by atoms with Crippen LogP contribution < -0.4 is 10.6 Å². The monoisotopic (exact) mass is 264 g/mol. The molecule has 1 aliphatic rings. The Bertz CT molecular complexity index is 555. The summed E-state index contributed by atoms with van der Waals surface area (Å²) in [7, 11) is 0. The van der Waals surface area contributed by atoms with Crippen LogP contribution in [-0.4, -0.2) is 34.0 Å². The number of phenols is 1. The first-order valence-corrected chi connectivity index (χ1v) is 5.64. The smallest absolute Gasteiger partial charge is 0.339 e. The summed E-state index contributed by atoms with van der Waals surface area (Å²) in [5, 5.41) is 23.4. The van der Waals surface area contributed by atoms with E-state index in [4.69, 9.17) is 5.11 Å². The fourth-order valence-electron chi connectivity index (χ4n) is 1.85. The van der Waals surface area contributed by atoms with Crippen LogP contribution in [0.4, 0.5) is 5.69 Å². The highest BCUT2D eigenvalue weighted by Crippen LogP contribution is 2.27. The molecule has 0 aliphatic carbocycles. The number of carboxylic acid groups (broad SMARTS) is 1. The van der Waals surface area contributed by atoms with Gasteiger partial charge in [-0.25, -0.2) is 4.79 Å². The van der Waals surface area contributed by atoms with Crippen LogP contribution in [0.25, 0.3) is 0 Å². The van der Waals surface area contributed by atoms with Gasteiger partial charge in [0.25, 0.3) is 0 Å². The van der Waals surface area contributed by atoms with E-state index in [1.807, 2.05) is 0 Å². The van der Waals surface area contributed by atoms with Gasteiger partial charge in [0.05, 0.1) is 5.69 Å². The van der Waals surface area contributed by atoms with Gasteiger partial charge in [0, 0.05) is 6.42 Å². The van der Waals surface area contributed by atoms with Gasteiger partial charge in [0.15, 0.2) is 5.75 Å². The molecule has 0 spiro atoms. The predicted octanol–water partition coefficient (Wildman–Crippen LogP) is 0.308. The number of carbonyl (C=O) groups is 3. The molecule has 1 saturated heterocycles. The van der Waals surface area contributed by atoms with Gasteiger partial charge in [0.1, 0.15) is 11.6 Å². The van der Waals surface area contributed by atoms with Crippen molar-refractivity contribution < 1.29 is 24.6 Å². The van der Waals surface area contributed by atoms with E-state index in [1.165, 1.54) is 18.2 Å². The fourth-order valence-corrected chi connectivity index (χ4v) is 1.85.